The maximum absolute atomic E-state index is 13.3. The van der Waals surface area contributed by atoms with Crippen molar-refractivity contribution in [2.75, 3.05) is 46.3 Å². The van der Waals surface area contributed by atoms with Gasteiger partial charge in [-0.3, -0.25) is 19.8 Å². The molecule has 2 N–H and O–H groups in total. The second-order valence-corrected chi connectivity index (χ2v) is 9.21. The van der Waals surface area contributed by atoms with Crippen LogP contribution < -0.4 is 5.32 Å². The standard InChI is InChI=1S/C28H29N5O3/c1-31-14-16-32(17-15-31)13-12-29-28(34)24-19-25(22-11-10-20-6-2-3-7-21(20)18-22)30-27(24)23-8-4-5-9-26(23)33(35)36/h2-11,18-19,30H,12-17H2,1H3,(H,29,34). The number of carbonyl (C=O) groups excluding carboxylic acids is 1. The molecule has 0 bridgehead atoms. The number of aromatic amines is 1. The lowest BCUT2D eigenvalue weighted by atomic mass is 10.0. The number of amides is 1. The summed E-state index contributed by atoms with van der Waals surface area (Å²) in [6.45, 7) is 5.26. The van der Waals surface area contributed by atoms with E-state index in [2.05, 4.69) is 33.2 Å². The van der Waals surface area contributed by atoms with Gasteiger partial charge in [0, 0.05) is 51.0 Å². The summed E-state index contributed by atoms with van der Waals surface area (Å²) in [5.41, 5.74) is 2.83. The minimum absolute atomic E-state index is 0.0455. The van der Waals surface area contributed by atoms with E-state index in [4.69, 9.17) is 0 Å². The fourth-order valence-electron chi connectivity index (χ4n) is 4.70. The summed E-state index contributed by atoms with van der Waals surface area (Å²) < 4.78 is 0. The Morgan fingerprint density at radius 2 is 1.69 bits per heavy atom. The topological polar surface area (TPSA) is 94.5 Å². The quantitative estimate of drug-likeness (QED) is 0.300. The molecule has 36 heavy (non-hydrogen) atoms. The molecule has 1 aliphatic rings. The summed E-state index contributed by atoms with van der Waals surface area (Å²) >= 11 is 0. The monoisotopic (exact) mass is 483 g/mol. The molecule has 1 fully saturated rings. The van der Waals surface area contributed by atoms with Gasteiger partial charge in [-0.15, -0.1) is 0 Å². The van der Waals surface area contributed by atoms with Crippen LogP contribution in [0.5, 0.6) is 0 Å². The van der Waals surface area contributed by atoms with Crippen molar-refractivity contribution < 1.29 is 9.72 Å². The Morgan fingerprint density at radius 3 is 2.47 bits per heavy atom. The lowest BCUT2D eigenvalue weighted by Gasteiger charge is -2.32. The van der Waals surface area contributed by atoms with Crippen LogP contribution in [0.15, 0.2) is 72.8 Å². The van der Waals surface area contributed by atoms with E-state index in [9.17, 15) is 14.9 Å². The zero-order valence-electron chi connectivity index (χ0n) is 20.2. The third kappa shape index (κ3) is 5.00. The molecule has 0 atom stereocenters. The number of carbonyl (C=O) groups is 1. The van der Waals surface area contributed by atoms with Crippen molar-refractivity contribution in [3.8, 4) is 22.5 Å². The van der Waals surface area contributed by atoms with Crippen molar-refractivity contribution in [2.45, 2.75) is 0 Å². The maximum atomic E-state index is 13.3. The predicted octanol–water partition coefficient (Wildman–Crippen LogP) is 4.39. The number of H-pyrrole nitrogens is 1. The first-order chi connectivity index (χ1) is 17.5. The number of hydrogen-bond acceptors (Lipinski definition) is 5. The number of rotatable bonds is 7. The lowest BCUT2D eigenvalue weighted by molar-refractivity contribution is -0.384. The Bertz CT molecular complexity index is 1410. The largest absolute Gasteiger partial charge is 0.354 e. The molecule has 1 amide bonds. The number of hydrogen-bond donors (Lipinski definition) is 2. The number of aromatic nitrogens is 1. The molecule has 1 saturated heterocycles. The molecule has 0 radical (unpaired) electrons. The zero-order chi connectivity index (χ0) is 25.1. The third-order valence-corrected chi connectivity index (χ3v) is 6.80. The Morgan fingerprint density at radius 1 is 0.972 bits per heavy atom. The molecule has 3 aromatic carbocycles. The fraction of sp³-hybridized carbons (Fsp3) is 0.250. The van der Waals surface area contributed by atoms with Gasteiger partial charge >= 0.3 is 0 Å². The van der Waals surface area contributed by atoms with Crippen molar-refractivity contribution in [1.29, 1.82) is 0 Å². The van der Waals surface area contributed by atoms with Gasteiger partial charge in [0.15, 0.2) is 0 Å². The predicted molar refractivity (Wildman–Crippen MR) is 142 cm³/mol. The third-order valence-electron chi connectivity index (χ3n) is 6.80. The van der Waals surface area contributed by atoms with E-state index in [1.165, 1.54) is 6.07 Å². The summed E-state index contributed by atoms with van der Waals surface area (Å²) in [6, 6.07) is 22.4. The zero-order valence-corrected chi connectivity index (χ0v) is 20.2. The number of nitro benzene ring substituents is 1. The van der Waals surface area contributed by atoms with Gasteiger partial charge in [-0.05, 0) is 41.6 Å². The first-order valence-electron chi connectivity index (χ1n) is 12.1. The highest BCUT2D eigenvalue weighted by atomic mass is 16.6. The molecular weight excluding hydrogens is 454 g/mol. The van der Waals surface area contributed by atoms with Gasteiger partial charge in [-0.1, -0.05) is 48.5 Å². The highest BCUT2D eigenvalue weighted by molar-refractivity contribution is 6.03. The molecule has 4 aromatic rings. The smallest absolute Gasteiger partial charge is 0.278 e. The summed E-state index contributed by atoms with van der Waals surface area (Å²) in [5, 5.41) is 17.0. The number of para-hydroxylation sites is 1. The Labute approximate surface area is 209 Å². The maximum Gasteiger partial charge on any atom is 0.278 e. The normalized spacial score (nSPS) is 14.7. The van der Waals surface area contributed by atoms with Gasteiger partial charge in [-0.25, -0.2) is 0 Å². The van der Waals surface area contributed by atoms with Crippen molar-refractivity contribution in [3.63, 3.8) is 0 Å². The Hall–Kier alpha value is -4.01. The Balaban J connectivity index is 1.46. The molecular formula is C28H29N5O3. The molecule has 8 nitrogen and oxygen atoms in total. The summed E-state index contributed by atoms with van der Waals surface area (Å²) in [4.78, 5) is 32.6. The molecule has 0 unspecified atom stereocenters. The molecule has 8 heteroatoms. The Kier molecular flexibility index (Phi) is 6.79. The van der Waals surface area contributed by atoms with Crippen LogP contribution in [0.1, 0.15) is 10.4 Å². The number of fused-ring (bicyclic) bond motifs is 1. The van der Waals surface area contributed by atoms with E-state index in [0.29, 0.717) is 23.4 Å². The van der Waals surface area contributed by atoms with Gasteiger partial charge in [0.2, 0.25) is 0 Å². The minimum Gasteiger partial charge on any atom is -0.354 e. The summed E-state index contributed by atoms with van der Waals surface area (Å²) in [6.07, 6.45) is 0. The lowest BCUT2D eigenvalue weighted by Crippen LogP contribution is -2.46. The second kappa shape index (κ2) is 10.3. The van der Waals surface area contributed by atoms with Crippen LogP contribution in [0.3, 0.4) is 0 Å². The van der Waals surface area contributed by atoms with Crippen LogP contribution in [0.4, 0.5) is 5.69 Å². The molecule has 1 aromatic heterocycles. The van der Waals surface area contributed by atoms with Crippen LogP contribution in [-0.2, 0) is 0 Å². The average molecular weight is 484 g/mol. The van der Waals surface area contributed by atoms with Crippen LogP contribution in [0.2, 0.25) is 0 Å². The number of nitrogens with zero attached hydrogens (tertiary/aromatic N) is 3. The SMILES string of the molecule is CN1CCN(CCNC(=O)c2cc(-c3ccc4ccccc4c3)[nH]c2-c2ccccc2[N+](=O)[O-])CC1. The molecule has 0 aliphatic carbocycles. The van der Waals surface area contributed by atoms with Crippen LogP contribution in [0.25, 0.3) is 33.3 Å². The molecule has 0 saturated carbocycles. The van der Waals surface area contributed by atoms with Crippen molar-refractivity contribution in [3.05, 3.63) is 88.5 Å². The number of nitrogens with one attached hydrogen (secondary N) is 2. The van der Waals surface area contributed by atoms with Crippen LogP contribution >= 0.6 is 0 Å². The van der Waals surface area contributed by atoms with Crippen LogP contribution in [0, 0.1) is 10.1 Å². The van der Waals surface area contributed by atoms with Gasteiger partial charge in [0.05, 0.1) is 21.7 Å². The number of piperazine rings is 1. The molecule has 0 spiro atoms. The van der Waals surface area contributed by atoms with Crippen molar-refractivity contribution in [2.24, 2.45) is 0 Å². The first kappa shape index (κ1) is 23.7. The van der Waals surface area contributed by atoms with E-state index >= 15 is 0 Å². The van der Waals surface area contributed by atoms with Gasteiger partial charge in [0.25, 0.3) is 11.6 Å². The molecule has 1 aliphatic heterocycles. The highest BCUT2D eigenvalue weighted by Crippen LogP contribution is 2.35. The van der Waals surface area contributed by atoms with E-state index in [0.717, 1.165) is 54.8 Å². The summed E-state index contributed by atoms with van der Waals surface area (Å²) in [7, 11) is 2.11. The summed E-state index contributed by atoms with van der Waals surface area (Å²) in [5.74, 6) is -0.249. The molecule has 5 rings (SSSR count). The molecule has 184 valence electrons. The second-order valence-electron chi connectivity index (χ2n) is 9.21. The number of benzene rings is 3. The van der Waals surface area contributed by atoms with Crippen molar-refractivity contribution >= 4 is 22.4 Å². The van der Waals surface area contributed by atoms with E-state index in [1.54, 1.807) is 24.3 Å². The van der Waals surface area contributed by atoms with E-state index in [-0.39, 0.29) is 11.6 Å². The highest BCUT2D eigenvalue weighted by Gasteiger charge is 2.24. The van der Waals surface area contributed by atoms with Gasteiger partial charge < -0.3 is 15.2 Å². The fourth-order valence-corrected chi connectivity index (χ4v) is 4.70. The van der Waals surface area contributed by atoms with Crippen LogP contribution in [-0.4, -0.2) is 71.9 Å². The first-order valence-corrected chi connectivity index (χ1v) is 12.1. The van der Waals surface area contributed by atoms with E-state index < -0.39 is 4.92 Å². The average Bonchev–Trinajstić information content (AvgIpc) is 3.35. The van der Waals surface area contributed by atoms with E-state index in [1.807, 2.05) is 36.4 Å². The van der Waals surface area contributed by atoms with Gasteiger partial charge in [0.1, 0.15) is 0 Å². The van der Waals surface area contributed by atoms with Crippen molar-refractivity contribution in [1.82, 2.24) is 20.1 Å². The van der Waals surface area contributed by atoms with Gasteiger partial charge in [-0.2, -0.15) is 0 Å². The number of likely N-dealkylation sites (N-methyl/N-ethyl adjacent to an activating group) is 1. The number of nitro groups is 1. The molecule has 2 heterocycles. The minimum atomic E-state index is -0.416.